The fraction of sp³-hybridized carbons (Fsp3) is 0.345. The summed E-state index contributed by atoms with van der Waals surface area (Å²) in [6, 6.07) is 16.7. The number of carboxylic acids is 1. The molecule has 0 aromatic heterocycles. The van der Waals surface area contributed by atoms with Gasteiger partial charge in [-0.3, -0.25) is 30.0 Å². The van der Waals surface area contributed by atoms with Crippen LogP contribution in [0.15, 0.2) is 60.7 Å². The van der Waals surface area contributed by atoms with Crippen molar-refractivity contribution in [3.63, 3.8) is 0 Å². The zero-order chi connectivity index (χ0) is 57.8. The van der Waals surface area contributed by atoms with Crippen LogP contribution in [0.2, 0.25) is 0 Å². The second-order valence-corrected chi connectivity index (χ2v) is 19.9. The molecule has 5 aromatic carbocycles. The van der Waals surface area contributed by atoms with Crippen molar-refractivity contribution in [1.29, 1.82) is 0 Å². The third kappa shape index (κ3) is 13.4. The van der Waals surface area contributed by atoms with Crippen molar-refractivity contribution in [2.24, 2.45) is 0 Å². The lowest BCUT2D eigenvalue weighted by Gasteiger charge is -2.36. The number of carbonyl (C=O) groups is 6. The molecule has 0 bridgehead atoms. The monoisotopic (exact) mass is 1080 g/mol. The molecule has 7 rings (SSSR count). The minimum Gasteiger partial charge on any atom is -0.485 e. The Morgan fingerprint density at radius 2 is 0.883 bits per heavy atom. The van der Waals surface area contributed by atoms with Crippen LogP contribution < -0.4 is 34.5 Å². The Morgan fingerprint density at radius 3 is 1.23 bits per heavy atom. The molecule has 0 saturated carbocycles. The number of carboxylic acid groups (broad SMARTS) is 1. The number of aliphatic carboxylic acids is 1. The molecule has 0 radical (unpaired) electrons. The predicted molar refractivity (Wildman–Crippen MR) is 268 cm³/mol. The molecule has 0 unspecified atom stereocenters. The topological polar surface area (TPSA) is 220 Å². The number of halogens is 5. The van der Waals surface area contributed by atoms with Crippen LogP contribution in [0.4, 0.5) is 22.0 Å². The van der Waals surface area contributed by atoms with Gasteiger partial charge in [0, 0.05) is 40.5 Å². The fourth-order valence-corrected chi connectivity index (χ4v) is 7.93. The standard InChI is InChI=1S/C30H27F5N2O6.C24H28N2O6.CH4O/c1-13-9-14(2)11-16(10-13)28(39)37(30(4,5)6)36-27(38)17-7-8-18-25(15(17)3)42-19(12-41-18)29(40)43-26-23(34)21(32)20(31)22(33)24(26)35;1-13-9-14(2)11-16(10-13)22(28)26(24(4,5)6)25-21(27)17-7-8-18-20(15(17)3)32-19(12-31-18)23(29)30;1-2/h7-11,19H,12H2,1-6H3,(H,36,38);7-11,19H,12H2,1-6H3,(H,25,27)(H,29,30);2H,1H3/t2*19-;/m11./s1. The average molecular weight is 1080 g/mol. The summed E-state index contributed by atoms with van der Waals surface area (Å²) in [7, 11) is 1.00. The van der Waals surface area contributed by atoms with Crippen LogP contribution in [0.5, 0.6) is 28.7 Å². The van der Waals surface area contributed by atoms with Gasteiger partial charge in [0.1, 0.15) is 13.2 Å². The second kappa shape index (κ2) is 23.7. The summed E-state index contributed by atoms with van der Waals surface area (Å²) in [4.78, 5) is 77.2. The Bertz CT molecular complexity index is 3080. The number of hydrogen-bond acceptors (Lipinski definition) is 12. The summed E-state index contributed by atoms with van der Waals surface area (Å²) in [6.07, 6.45) is -2.85. The highest BCUT2D eigenvalue weighted by atomic mass is 19.2. The lowest BCUT2D eigenvalue weighted by molar-refractivity contribution is -0.147. The molecule has 4 amide bonds. The highest BCUT2D eigenvalue weighted by Crippen LogP contribution is 2.39. The maximum absolute atomic E-state index is 14.0. The number of rotatable bonds is 7. The molecule has 0 aliphatic carbocycles. The van der Waals surface area contributed by atoms with Gasteiger partial charge in [-0.05, 0) is 132 Å². The van der Waals surface area contributed by atoms with Crippen LogP contribution in [0.1, 0.15) is 116 Å². The van der Waals surface area contributed by atoms with Crippen LogP contribution in [0, 0.1) is 70.6 Å². The van der Waals surface area contributed by atoms with Gasteiger partial charge in [-0.1, -0.05) is 34.4 Å². The lowest BCUT2D eigenvalue weighted by Crippen LogP contribution is -2.56. The molecule has 22 heteroatoms. The Labute approximate surface area is 440 Å². The highest BCUT2D eigenvalue weighted by molar-refractivity contribution is 6.02. The van der Waals surface area contributed by atoms with E-state index in [1.54, 1.807) is 64.1 Å². The Hall–Kier alpha value is -8.27. The van der Waals surface area contributed by atoms with Gasteiger partial charge in [0.25, 0.3) is 23.6 Å². The molecule has 4 N–H and O–H groups in total. The van der Waals surface area contributed by atoms with Gasteiger partial charge in [-0.2, -0.15) is 8.78 Å². The molecule has 77 heavy (non-hydrogen) atoms. The maximum Gasteiger partial charge on any atom is 0.356 e. The number of esters is 1. The van der Waals surface area contributed by atoms with E-state index in [1.807, 2.05) is 60.6 Å². The number of amides is 4. The number of ether oxygens (including phenoxy) is 5. The molecule has 5 aromatic rings. The zero-order valence-electron chi connectivity index (χ0n) is 44.5. The third-order valence-corrected chi connectivity index (χ3v) is 11.6. The van der Waals surface area contributed by atoms with Crippen LogP contribution >= 0.6 is 0 Å². The molecule has 0 fully saturated rings. The van der Waals surface area contributed by atoms with Gasteiger partial charge < -0.3 is 33.9 Å². The van der Waals surface area contributed by atoms with E-state index in [2.05, 4.69) is 15.6 Å². The van der Waals surface area contributed by atoms with Crippen molar-refractivity contribution in [3.8, 4) is 28.7 Å². The number of nitrogens with zero attached hydrogens (tertiary/aromatic N) is 2. The van der Waals surface area contributed by atoms with Gasteiger partial charge >= 0.3 is 11.9 Å². The largest absolute Gasteiger partial charge is 0.485 e. The van der Waals surface area contributed by atoms with Crippen molar-refractivity contribution in [3.05, 3.63) is 145 Å². The van der Waals surface area contributed by atoms with E-state index in [0.717, 1.165) is 29.4 Å². The smallest absolute Gasteiger partial charge is 0.356 e. The average Bonchev–Trinajstić information content (AvgIpc) is 3.36. The Kier molecular flexibility index (Phi) is 18.4. The van der Waals surface area contributed by atoms with E-state index in [1.165, 1.54) is 29.1 Å². The van der Waals surface area contributed by atoms with Crippen molar-refractivity contribution in [2.45, 2.75) is 106 Å². The van der Waals surface area contributed by atoms with Gasteiger partial charge in [0.2, 0.25) is 47.0 Å². The molecule has 2 aliphatic heterocycles. The van der Waals surface area contributed by atoms with E-state index in [-0.39, 0.29) is 46.5 Å². The second-order valence-electron chi connectivity index (χ2n) is 19.9. The molecule has 2 aliphatic rings. The fourth-order valence-electron chi connectivity index (χ4n) is 7.93. The van der Waals surface area contributed by atoms with E-state index >= 15 is 0 Å². The first-order valence-corrected chi connectivity index (χ1v) is 23.6. The quantitative estimate of drug-likeness (QED) is 0.0300. The summed E-state index contributed by atoms with van der Waals surface area (Å²) in [5.41, 5.74) is 9.11. The number of hydrogen-bond donors (Lipinski definition) is 4. The number of nitrogens with one attached hydrogen (secondary N) is 2. The van der Waals surface area contributed by atoms with Gasteiger partial charge in [0.05, 0.1) is 11.1 Å². The molecule has 0 saturated heterocycles. The molecular formula is C55H59F5N4O13. The SMILES string of the molecule is CO.Cc1cc(C)cc(C(=O)N(NC(=O)c2ccc3c(c2C)O[C@@H](C(=O)O)CO3)C(C)(C)C)c1.Cc1cc(C)cc(C(=O)N(NC(=O)c2ccc3c(c2C)O[C@@H](C(=O)Oc2c(F)c(F)c(F)c(F)c2F)CO3)C(C)(C)C)c1. The minimum absolute atomic E-state index is 0.0265. The maximum atomic E-state index is 14.0. The number of fused-ring (bicyclic) bond motifs is 2. The molecule has 2 atom stereocenters. The Morgan fingerprint density at radius 1 is 0.545 bits per heavy atom. The van der Waals surface area contributed by atoms with E-state index in [0.29, 0.717) is 22.4 Å². The lowest BCUT2D eigenvalue weighted by atomic mass is 10.0. The number of aliphatic hydroxyl groups excluding tert-OH is 1. The highest BCUT2D eigenvalue weighted by Gasteiger charge is 2.37. The molecular weight excluding hydrogens is 1020 g/mol. The number of aliphatic hydroxyl groups is 1. The first-order valence-electron chi connectivity index (χ1n) is 23.6. The zero-order valence-corrected chi connectivity index (χ0v) is 44.5. The Balaban J connectivity index is 0.000000286. The summed E-state index contributed by atoms with van der Waals surface area (Å²) < 4.78 is 95.0. The number of benzene rings is 5. The predicted octanol–water partition coefficient (Wildman–Crippen LogP) is 8.67. The van der Waals surface area contributed by atoms with Gasteiger partial charge in [0.15, 0.2) is 23.0 Å². The van der Waals surface area contributed by atoms with Crippen LogP contribution in [0.25, 0.3) is 0 Å². The van der Waals surface area contributed by atoms with Crippen molar-refractivity contribution in [2.75, 3.05) is 20.3 Å². The van der Waals surface area contributed by atoms with Crippen molar-refractivity contribution < 1.29 is 84.6 Å². The summed E-state index contributed by atoms with van der Waals surface area (Å²) >= 11 is 0. The van der Waals surface area contributed by atoms with Crippen LogP contribution in [0.3, 0.4) is 0 Å². The number of aryl methyl sites for hydroxylation is 4. The summed E-state index contributed by atoms with van der Waals surface area (Å²) in [5.74, 6) is -17.6. The minimum atomic E-state index is -2.41. The van der Waals surface area contributed by atoms with Crippen molar-refractivity contribution >= 4 is 35.6 Å². The molecule has 17 nitrogen and oxygen atoms in total. The van der Waals surface area contributed by atoms with E-state index in [9.17, 15) is 55.8 Å². The van der Waals surface area contributed by atoms with Gasteiger partial charge in [-0.15, -0.1) is 0 Å². The van der Waals surface area contributed by atoms with Crippen LogP contribution in [-0.2, 0) is 9.59 Å². The first-order chi connectivity index (χ1) is 35.9. The number of carbonyl (C=O) groups excluding carboxylic acids is 5. The molecule has 2 heterocycles. The van der Waals surface area contributed by atoms with Crippen molar-refractivity contribution in [1.82, 2.24) is 20.9 Å². The normalized spacial score (nSPS) is 14.3. The number of hydrazine groups is 2. The molecule has 412 valence electrons. The summed E-state index contributed by atoms with van der Waals surface area (Å²) in [6.45, 7) is 20.6. The molecule has 0 spiro atoms. The third-order valence-electron chi connectivity index (χ3n) is 11.6. The van der Waals surface area contributed by atoms with E-state index < -0.39 is 94.4 Å². The van der Waals surface area contributed by atoms with Crippen LogP contribution in [-0.4, -0.2) is 99.4 Å². The first kappa shape index (κ1) is 59.6. The van der Waals surface area contributed by atoms with E-state index in [4.69, 9.17) is 24.1 Å². The summed E-state index contributed by atoms with van der Waals surface area (Å²) in [5, 5.41) is 18.7. The van der Waals surface area contributed by atoms with Gasteiger partial charge in [-0.25, -0.2) is 32.8 Å².